The van der Waals surface area contributed by atoms with Crippen LogP contribution in [-0.4, -0.2) is 23.9 Å². The predicted molar refractivity (Wildman–Crippen MR) is 80.6 cm³/mol. The highest BCUT2D eigenvalue weighted by atomic mass is 16.5. The Bertz CT molecular complexity index is 403. The number of ether oxygens (including phenoxy) is 1. The van der Waals surface area contributed by atoms with E-state index < -0.39 is 5.60 Å². The van der Waals surface area contributed by atoms with Crippen molar-refractivity contribution in [1.29, 1.82) is 0 Å². The van der Waals surface area contributed by atoms with E-state index in [2.05, 4.69) is 19.2 Å². The van der Waals surface area contributed by atoms with Crippen LogP contribution in [0.4, 0.5) is 11.4 Å². The number of nitrogens with one attached hydrogen (secondary N) is 1. The molecule has 0 aliphatic carbocycles. The first-order chi connectivity index (χ1) is 8.82. The highest BCUT2D eigenvalue weighted by Gasteiger charge is 2.21. The number of aliphatic hydroxyl groups is 1. The van der Waals surface area contributed by atoms with Gasteiger partial charge in [0.15, 0.2) is 0 Å². The molecule has 0 aromatic heterocycles. The summed E-state index contributed by atoms with van der Waals surface area (Å²) >= 11 is 0. The average molecular weight is 266 g/mol. The summed E-state index contributed by atoms with van der Waals surface area (Å²) < 4.78 is 5.44. The Hall–Kier alpha value is -1.42. The second-order valence-electron chi connectivity index (χ2n) is 5.67. The summed E-state index contributed by atoms with van der Waals surface area (Å²) in [5, 5.41) is 13.5. The van der Waals surface area contributed by atoms with E-state index >= 15 is 0 Å². The molecule has 19 heavy (non-hydrogen) atoms. The van der Waals surface area contributed by atoms with Crippen molar-refractivity contribution in [3.8, 4) is 5.75 Å². The van der Waals surface area contributed by atoms with E-state index in [0.29, 0.717) is 24.8 Å². The quantitative estimate of drug-likeness (QED) is 0.664. The molecule has 0 fully saturated rings. The molecule has 1 rings (SSSR count). The number of benzene rings is 1. The smallest absolute Gasteiger partial charge is 0.123 e. The molecule has 0 aliphatic rings. The van der Waals surface area contributed by atoms with Gasteiger partial charge >= 0.3 is 0 Å². The summed E-state index contributed by atoms with van der Waals surface area (Å²) in [6.45, 7) is 9.07. The number of hydrogen-bond acceptors (Lipinski definition) is 4. The molecule has 0 bridgehead atoms. The lowest BCUT2D eigenvalue weighted by Crippen LogP contribution is -2.34. The molecule has 1 unspecified atom stereocenters. The number of rotatable bonds is 7. The zero-order chi connectivity index (χ0) is 14.5. The van der Waals surface area contributed by atoms with Crippen LogP contribution in [0.3, 0.4) is 0 Å². The molecule has 108 valence electrons. The van der Waals surface area contributed by atoms with Crippen molar-refractivity contribution in [1.82, 2.24) is 0 Å². The van der Waals surface area contributed by atoms with Crippen LogP contribution in [0.15, 0.2) is 18.2 Å². The van der Waals surface area contributed by atoms with Gasteiger partial charge in [0.2, 0.25) is 0 Å². The molecule has 0 saturated carbocycles. The van der Waals surface area contributed by atoms with E-state index in [-0.39, 0.29) is 0 Å². The fraction of sp³-hybridized carbons (Fsp3) is 0.600. The minimum atomic E-state index is -0.732. The molecule has 1 aromatic carbocycles. The zero-order valence-electron chi connectivity index (χ0n) is 12.4. The van der Waals surface area contributed by atoms with Crippen LogP contribution >= 0.6 is 0 Å². The minimum Gasteiger partial charge on any atom is -0.494 e. The summed E-state index contributed by atoms with van der Waals surface area (Å²) in [5.74, 6) is 1.20. The summed E-state index contributed by atoms with van der Waals surface area (Å²) in [7, 11) is 0. The Labute approximate surface area is 116 Å². The Morgan fingerprint density at radius 1 is 1.37 bits per heavy atom. The molecule has 0 amide bonds. The molecule has 0 radical (unpaired) electrons. The summed E-state index contributed by atoms with van der Waals surface area (Å²) in [4.78, 5) is 0. The second-order valence-corrected chi connectivity index (χ2v) is 5.67. The molecule has 1 aromatic rings. The fourth-order valence-corrected chi connectivity index (χ4v) is 2.22. The molecule has 0 aliphatic heterocycles. The van der Waals surface area contributed by atoms with Gasteiger partial charge < -0.3 is 20.9 Å². The molecule has 4 heteroatoms. The SMILES string of the molecule is CCOc1cc(N)cc(NCC(C)(O)CC(C)C)c1. The normalized spacial score (nSPS) is 14.2. The lowest BCUT2D eigenvalue weighted by Gasteiger charge is -2.26. The lowest BCUT2D eigenvalue weighted by molar-refractivity contribution is 0.0515. The van der Waals surface area contributed by atoms with Gasteiger partial charge in [0.25, 0.3) is 0 Å². The van der Waals surface area contributed by atoms with Gasteiger partial charge in [-0.3, -0.25) is 0 Å². The van der Waals surface area contributed by atoms with E-state index in [4.69, 9.17) is 10.5 Å². The summed E-state index contributed by atoms with van der Waals surface area (Å²) in [6, 6.07) is 5.53. The lowest BCUT2D eigenvalue weighted by atomic mass is 9.94. The first kappa shape index (κ1) is 15.6. The first-order valence-corrected chi connectivity index (χ1v) is 6.82. The summed E-state index contributed by atoms with van der Waals surface area (Å²) in [5.41, 5.74) is 6.61. The van der Waals surface area contributed by atoms with Gasteiger partial charge in [-0.1, -0.05) is 13.8 Å². The Morgan fingerprint density at radius 2 is 2.05 bits per heavy atom. The highest BCUT2D eigenvalue weighted by Crippen LogP contribution is 2.24. The molecule has 1 atom stereocenters. The maximum atomic E-state index is 10.3. The van der Waals surface area contributed by atoms with Gasteiger partial charge in [0, 0.05) is 30.1 Å². The molecular weight excluding hydrogens is 240 g/mol. The third kappa shape index (κ3) is 5.83. The van der Waals surface area contributed by atoms with Crippen molar-refractivity contribution < 1.29 is 9.84 Å². The third-order valence-corrected chi connectivity index (χ3v) is 2.76. The van der Waals surface area contributed by atoms with Gasteiger partial charge in [-0.25, -0.2) is 0 Å². The van der Waals surface area contributed by atoms with Crippen molar-refractivity contribution in [2.45, 2.75) is 39.7 Å². The Morgan fingerprint density at radius 3 is 2.63 bits per heavy atom. The standard InChI is InChI=1S/C15H26N2O2/c1-5-19-14-7-12(16)6-13(8-14)17-10-15(4,18)9-11(2)3/h6-8,11,17-18H,5,9-10,16H2,1-4H3. The van der Waals surface area contributed by atoms with Crippen LogP contribution in [0.25, 0.3) is 0 Å². The minimum absolute atomic E-state index is 0.455. The van der Waals surface area contributed by atoms with Crippen molar-refractivity contribution >= 4 is 11.4 Å². The largest absolute Gasteiger partial charge is 0.494 e. The molecular formula is C15H26N2O2. The average Bonchev–Trinajstić information content (AvgIpc) is 2.24. The van der Waals surface area contributed by atoms with E-state index in [0.717, 1.165) is 17.9 Å². The molecule has 0 saturated heterocycles. The molecule has 0 spiro atoms. The van der Waals surface area contributed by atoms with Crippen LogP contribution in [0.5, 0.6) is 5.75 Å². The van der Waals surface area contributed by atoms with Crippen LogP contribution in [0, 0.1) is 5.92 Å². The molecule has 0 heterocycles. The zero-order valence-corrected chi connectivity index (χ0v) is 12.4. The van der Waals surface area contributed by atoms with Gasteiger partial charge in [-0.2, -0.15) is 0 Å². The van der Waals surface area contributed by atoms with Gasteiger partial charge in [-0.15, -0.1) is 0 Å². The number of anilines is 2. The number of nitrogens with two attached hydrogens (primary N) is 1. The maximum absolute atomic E-state index is 10.3. The summed E-state index contributed by atoms with van der Waals surface area (Å²) in [6.07, 6.45) is 0.751. The third-order valence-electron chi connectivity index (χ3n) is 2.76. The first-order valence-electron chi connectivity index (χ1n) is 6.82. The van der Waals surface area contributed by atoms with Gasteiger partial charge in [0.05, 0.1) is 12.2 Å². The second kappa shape index (κ2) is 6.66. The van der Waals surface area contributed by atoms with Crippen molar-refractivity contribution in [2.24, 2.45) is 5.92 Å². The van der Waals surface area contributed by atoms with E-state index in [1.54, 1.807) is 6.07 Å². The van der Waals surface area contributed by atoms with Crippen LogP contribution in [0.1, 0.15) is 34.1 Å². The van der Waals surface area contributed by atoms with Gasteiger partial charge in [0.1, 0.15) is 5.75 Å². The van der Waals surface area contributed by atoms with E-state index in [9.17, 15) is 5.11 Å². The van der Waals surface area contributed by atoms with Crippen LogP contribution in [0.2, 0.25) is 0 Å². The van der Waals surface area contributed by atoms with E-state index in [1.807, 2.05) is 26.0 Å². The van der Waals surface area contributed by atoms with Gasteiger partial charge in [-0.05, 0) is 32.3 Å². The molecule has 4 N–H and O–H groups in total. The molecule has 4 nitrogen and oxygen atoms in total. The Balaban J connectivity index is 2.66. The number of hydrogen-bond donors (Lipinski definition) is 3. The fourth-order valence-electron chi connectivity index (χ4n) is 2.22. The highest BCUT2D eigenvalue weighted by molar-refractivity contribution is 5.59. The van der Waals surface area contributed by atoms with E-state index in [1.165, 1.54) is 0 Å². The van der Waals surface area contributed by atoms with Crippen molar-refractivity contribution in [2.75, 3.05) is 24.2 Å². The van der Waals surface area contributed by atoms with Crippen molar-refractivity contribution in [3.05, 3.63) is 18.2 Å². The van der Waals surface area contributed by atoms with Crippen LogP contribution < -0.4 is 15.8 Å². The monoisotopic (exact) mass is 266 g/mol. The van der Waals surface area contributed by atoms with Crippen molar-refractivity contribution in [3.63, 3.8) is 0 Å². The predicted octanol–water partition coefficient (Wildman–Crippen LogP) is 2.88. The van der Waals surface area contributed by atoms with Crippen LogP contribution in [-0.2, 0) is 0 Å². The Kier molecular flexibility index (Phi) is 5.48. The topological polar surface area (TPSA) is 67.5 Å². The maximum Gasteiger partial charge on any atom is 0.123 e. The number of nitrogen functional groups attached to an aromatic ring is 1.